The minimum atomic E-state index is 0.425. The average molecular weight is 179 g/mol. The molecule has 1 aliphatic carbocycles. The van der Waals surface area contributed by atoms with E-state index in [2.05, 4.69) is 31.7 Å². The standard InChI is InChI=1S/C11H17NO/c1-9-7-11(13-4)6-5-10(9)8-12(2)3/h5-7,10H,1,8H2,2-4H3. The van der Waals surface area contributed by atoms with Crippen molar-refractivity contribution in [1.29, 1.82) is 0 Å². The fourth-order valence-electron chi connectivity index (χ4n) is 1.37. The largest absolute Gasteiger partial charge is 0.497 e. The van der Waals surface area contributed by atoms with Gasteiger partial charge in [-0.2, -0.15) is 0 Å². The van der Waals surface area contributed by atoms with E-state index in [0.717, 1.165) is 17.9 Å². The Balaban J connectivity index is 2.61. The van der Waals surface area contributed by atoms with E-state index < -0.39 is 0 Å². The molecular weight excluding hydrogens is 162 g/mol. The minimum absolute atomic E-state index is 0.425. The first kappa shape index (κ1) is 10.1. The number of rotatable bonds is 3. The number of ether oxygens (including phenoxy) is 1. The highest BCUT2D eigenvalue weighted by molar-refractivity contribution is 5.34. The normalized spacial score (nSPS) is 22.0. The third kappa shape index (κ3) is 2.74. The van der Waals surface area contributed by atoms with Crippen LogP contribution in [0.15, 0.2) is 36.1 Å². The Hall–Kier alpha value is -1.02. The summed E-state index contributed by atoms with van der Waals surface area (Å²) < 4.78 is 5.11. The molecule has 0 fully saturated rings. The molecule has 0 aromatic rings. The van der Waals surface area contributed by atoms with E-state index >= 15 is 0 Å². The summed E-state index contributed by atoms with van der Waals surface area (Å²) in [4.78, 5) is 2.16. The molecule has 1 aliphatic rings. The highest BCUT2D eigenvalue weighted by Crippen LogP contribution is 2.21. The van der Waals surface area contributed by atoms with Gasteiger partial charge in [-0.05, 0) is 31.8 Å². The summed E-state index contributed by atoms with van der Waals surface area (Å²) in [5.41, 5.74) is 1.12. The van der Waals surface area contributed by atoms with Gasteiger partial charge in [-0.25, -0.2) is 0 Å². The monoisotopic (exact) mass is 179 g/mol. The van der Waals surface area contributed by atoms with Crippen LogP contribution in [0.2, 0.25) is 0 Å². The summed E-state index contributed by atoms with van der Waals surface area (Å²) in [7, 11) is 5.81. The van der Waals surface area contributed by atoms with Gasteiger partial charge >= 0.3 is 0 Å². The lowest BCUT2D eigenvalue weighted by molar-refractivity contribution is 0.302. The lowest BCUT2D eigenvalue weighted by Gasteiger charge is -2.21. The number of hydrogen-bond donors (Lipinski definition) is 0. The summed E-state index contributed by atoms with van der Waals surface area (Å²) in [5.74, 6) is 1.31. The van der Waals surface area contributed by atoms with Crippen molar-refractivity contribution in [3.05, 3.63) is 36.1 Å². The number of hydrogen-bond acceptors (Lipinski definition) is 2. The number of nitrogens with zero attached hydrogens (tertiary/aromatic N) is 1. The van der Waals surface area contributed by atoms with Crippen LogP contribution >= 0.6 is 0 Å². The zero-order chi connectivity index (χ0) is 9.84. The van der Waals surface area contributed by atoms with Crippen LogP contribution in [-0.2, 0) is 4.74 Å². The van der Waals surface area contributed by atoms with Crippen LogP contribution in [-0.4, -0.2) is 32.6 Å². The molecule has 0 saturated heterocycles. The van der Waals surface area contributed by atoms with Crippen LogP contribution in [0.4, 0.5) is 0 Å². The zero-order valence-corrected chi connectivity index (χ0v) is 8.58. The molecule has 1 atom stereocenters. The topological polar surface area (TPSA) is 12.5 Å². The van der Waals surface area contributed by atoms with E-state index in [4.69, 9.17) is 4.74 Å². The summed E-state index contributed by atoms with van der Waals surface area (Å²) in [6.45, 7) is 5.02. The Kier molecular flexibility index (Phi) is 3.32. The molecule has 13 heavy (non-hydrogen) atoms. The summed E-state index contributed by atoms with van der Waals surface area (Å²) in [6.07, 6.45) is 6.14. The summed E-state index contributed by atoms with van der Waals surface area (Å²) >= 11 is 0. The van der Waals surface area contributed by atoms with Crippen molar-refractivity contribution in [3.63, 3.8) is 0 Å². The van der Waals surface area contributed by atoms with Crippen molar-refractivity contribution in [1.82, 2.24) is 4.90 Å². The highest BCUT2D eigenvalue weighted by atomic mass is 16.5. The molecule has 0 saturated carbocycles. The van der Waals surface area contributed by atoms with Gasteiger partial charge in [0.15, 0.2) is 0 Å². The molecule has 1 rings (SSSR count). The first-order valence-corrected chi connectivity index (χ1v) is 4.41. The molecule has 0 N–H and O–H groups in total. The van der Waals surface area contributed by atoms with Gasteiger partial charge in [0.25, 0.3) is 0 Å². The fraction of sp³-hybridized carbons (Fsp3) is 0.455. The van der Waals surface area contributed by atoms with Gasteiger partial charge in [0, 0.05) is 12.5 Å². The van der Waals surface area contributed by atoms with Crippen molar-refractivity contribution in [2.24, 2.45) is 5.92 Å². The molecule has 0 aromatic heterocycles. The van der Waals surface area contributed by atoms with Crippen molar-refractivity contribution >= 4 is 0 Å². The average Bonchev–Trinajstić information content (AvgIpc) is 2.08. The molecule has 0 heterocycles. The van der Waals surface area contributed by atoms with E-state index in [1.165, 1.54) is 0 Å². The fourth-order valence-corrected chi connectivity index (χ4v) is 1.37. The summed E-state index contributed by atoms with van der Waals surface area (Å²) in [6, 6.07) is 0. The smallest absolute Gasteiger partial charge is 0.118 e. The number of methoxy groups -OCH3 is 1. The van der Waals surface area contributed by atoms with E-state index in [9.17, 15) is 0 Å². The van der Waals surface area contributed by atoms with Crippen LogP contribution in [0.5, 0.6) is 0 Å². The second kappa shape index (κ2) is 4.28. The predicted octanol–water partition coefficient (Wildman–Crippen LogP) is 1.82. The van der Waals surface area contributed by atoms with Gasteiger partial charge in [-0.1, -0.05) is 12.7 Å². The molecule has 2 heteroatoms. The molecule has 0 aliphatic heterocycles. The molecule has 0 bridgehead atoms. The maximum Gasteiger partial charge on any atom is 0.118 e. The second-order valence-corrected chi connectivity index (χ2v) is 3.55. The third-order valence-electron chi connectivity index (χ3n) is 2.09. The van der Waals surface area contributed by atoms with E-state index in [0.29, 0.717) is 5.92 Å². The van der Waals surface area contributed by atoms with Crippen molar-refractivity contribution in [2.75, 3.05) is 27.7 Å². The van der Waals surface area contributed by atoms with Crippen molar-refractivity contribution in [3.8, 4) is 0 Å². The Morgan fingerprint density at radius 3 is 2.69 bits per heavy atom. The molecule has 0 amide bonds. The first-order chi connectivity index (χ1) is 6.13. The van der Waals surface area contributed by atoms with Crippen molar-refractivity contribution < 1.29 is 4.74 Å². The highest BCUT2D eigenvalue weighted by Gasteiger charge is 2.13. The Morgan fingerprint density at radius 1 is 1.54 bits per heavy atom. The maximum absolute atomic E-state index is 5.11. The molecule has 0 spiro atoms. The molecule has 0 radical (unpaired) electrons. The van der Waals surface area contributed by atoms with Gasteiger partial charge in [-0.15, -0.1) is 0 Å². The van der Waals surface area contributed by atoms with E-state index in [1.54, 1.807) is 7.11 Å². The maximum atomic E-state index is 5.11. The molecule has 1 unspecified atom stereocenters. The SMILES string of the molecule is C=C1C=C(OC)C=CC1CN(C)C. The van der Waals surface area contributed by atoms with Gasteiger partial charge in [0.05, 0.1) is 7.11 Å². The Morgan fingerprint density at radius 2 is 2.23 bits per heavy atom. The van der Waals surface area contributed by atoms with Crippen LogP contribution in [0.1, 0.15) is 0 Å². The molecular formula is C11H17NO. The van der Waals surface area contributed by atoms with Gasteiger partial charge in [-0.3, -0.25) is 0 Å². The Bertz CT molecular complexity index is 251. The van der Waals surface area contributed by atoms with E-state index in [1.807, 2.05) is 12.2 Å². The van der Waals surface area contributed by atoms with Crippen LogP contribution in [0.3, 0.4) is 0 Å². The van der Waals surface area contributed by atoms with Crippen LogP contribution in [0.25, 0.3) is 0 Å². The minimum Gasteiger partial charge on any atom is -0.497 e. The van der Waals surface area contributed by atoms with E-state index in [-0.39, 0.29) is 0 Å². The lowest BCUT2D eigenvalue weighted by atomic mass is 9.95. The van der Waals surface area contributed by atoms with Crippen molar-refractivity contribution in [2.45, 2.75) is 0 Å². The molecule has 2 nitrogen and oxygen atoms in total. The van der Waals surface area contributed by atoms with Gasteiger partial charge < -0.3 is 9.64 Å². The third-order valence-corrected chi connectivity index (χ3v) is 2.09. The summed E-state index contributed by atoms with van der Waals surface area (Å²) in [5, 5.41) is 0. The number of allylic oxidation sites excluding steroid dienone is 2. The lowest BCUT2D eigenvalue weighted by Crippen LogP contribution is -2.22. The van der Waals surface area contributed by atoms with Gasteiger partial charge in [0.2, 0.25) is 0 Å². The second-order valence-electron chi connectivity index (χ2n) is 3.55. The first-order valence-electron chi connectivity index (χ1n) is 4.41. The predicted molar refractivity (Wildman–Crippen MR) is 55.4 cm³/mol. The zero-order valence-electron chi connectivity index (χ0n) is 8.58. The quantitative estimate of drug-likeness (QED) is 0.655. The van der Waals surface area contributed by atoms with Gasteiger partial charge in [0.1, 0.15) is 5.76 Å². The molecule has 72 valence electrons. The van der Waals surface area contributed by atoms with Crippen LogP contribution < -0.4 is 0 Å². The molecule has 0 aromatic carbocycles. The Labute approximate surface area is 80.2 Å². The van der Waals surface area contributed by atoms with Crippen LogP contribution in [0, 0.1) is 5.92 Å².